The topological polar surface area (TPSA) is 67.8 Å². The maximum absolute atomic E-state index is 12.4. The summed E-state index contributed by atoms with van der Waals surface area (Å²) in [6.07, 6.45) is 5.24. The van der Waals surface area contributed by atoms with Crippen LogP contribution in [0.5, 0.6) is 0 Å². The van der Waals surface area contributed by atoms with Gasteiger partial charge in [-0.25, -0.2) is 4.98 Å². The predicted molar refractivity (Wildman–Crippen MR) is 93.5 cm³/mol. The van der Waals surface area contributed by atoms with Gasteiger partial charge in [-0.2, -0.15) is 0 Å². The molecule has 1 amide bonds. The zero-order valence-electron chi connectivity index (χ0n) is 13.8. The van der Waals surface area contributed by atoms with Gasteiger partial charge in [0.15, 0.2) is 0 Å². The highest BCUT2D eigenvalue weighted by atomic mass is 32.1. The first-order chi connectivity index (χ1) is 12.2. The van der Waals surface area contributed by atoms with Gasteiger partial charge in [0, 0.05) is 30.9 Å². The summed E-state index contributed by atoms with van der Waals surface area (Å²) >= 11 is 1.65. The lowest BCUT2D eigenvalue weighted by atomic mass is 10.0. The number of hydrogen-bond acceptors (Lipinski definition) is 7. The molecule has 1 atom stereocenters. The summed E-state index contributed by atoms with van der Waals surface area (Å²) in [5.41, 5.74) is 0.267. The molecule has 7 nitrogen and oxygen atoms in total. The summed E-state index contributed by atoms with van der Waals surface area (Å²) in [5.74, 6) is -0.0469. The molecule has 2 aliphatic heterocycles. The molecular weight excluding hydrogens is 340 g/mol. The Balaban J connectivity index is 1.53. The lowest BCUT2D eigenvalue weighted by Crippen LogP contribution is -2.60. The van der Waals surface area contributed by atoms with Crippen LogP contribution in [0.2, 0.25) is 0 Å². The van der Waals surface area contributed by atoms with Crippen molar-refractivity contribution >= 4 is 22.9 Å². The summed E-state index contributed by atoms with van der Waals surface area (Å²) in [4.78, 5) is 24.9. The highest BCUT2D eigenvalue weighted by Gasteiger charge is 2.43. The first-order valence-electron chi connectivity index (χ1n) is 8.27. The zero-order valence-corrected chi connectivity index (χ0v) is 14.7. The quantitative estimate of drug-likeness (QED) is 0.819. The number of amides is 1. The molecule has 2 saturated heterocycles. The number of rotatable bonds is 3. The summed E-state index contributed by atoms with van der Waals surface area (Å²) in [6, 6.07) is 3.73. The fraction of sp³-hybridized carbons (Fsp3) is 0.471. The molecule has 2 fully saturated rings. The van der Waals surface area contributed by atoms with Gasteiger partial charge in [0.2, 0.25) is 0 Å². The van der Waals surface area contributed by atoms with E-state index in [-0.39, 0.29) is 12.5 Å². The third-order valence-electron chi connectivity index (χ3n) is 4.48. The van der Waals surface area contributed by atoms with E-state index in [2.05, 4.69) is 14.9 Å². The number of morpholine rings is 1. The van der Waals surface area contributed by atoms with E-state index in [9.17, 15) is 4.79 Å². The smallest absolute Gasteiger partial charge is 0.253 e. The van der Waals surface area contributed by atoms with E-state index in [4.69, 9.17) is 9.47 Å². The van der Waals surface area contributed by atoms with Crippen LogP contribution in [0.25, 0.3) is 0 Å². The molecule has 0 bridgehead atoms. The molecule has 1 spiro atoms. The Morgan fingerprint density at radius 3 is 3.08 bits per heavy atom. The molecule has 0 aliphatic carbocycles. The standard InChI is InChI=1S/C17H20N4O3S/c22-16-10-24-17(12-21(16)14-2-1-3-18-8-14)11-20(5-6-23-13-17)9-15-19-4-7-25-15/h1-4,7-8H,5-6,9-13H2. The number of pyridine rings is 1. The zero-order chi connectivity index (χ0) is 17.1. The normalized spacial score (nSPS) is 25.3. The first kappa shape index (κ1) is 16.6. The van der Waals surface area contributed by atoms with Crippen LogP contribution in [0, 0.1) is 0 Å². The van der Waals surface area contributed by atoms with E-state index >= 15 is 0 Å². The molecule has 0 N–H and O–H groups in total. The van der Waals surface area contributed by atoms with Crippen molar-refractivity contribution in [2.45, 2.75) is 12.1 Å². The van der Waals surface area contributed by atoms with E-state index in [1.165, 1.54) is 0 Å². The highest BCUT2D eigenvalue weighted by Crippen LogP contribution is 2.27. The second kappa shape index (κ2) is 7.17. The van der Waals surface area contributed by atoms with Crippen molar-refractivity contribution < 1.29 is 14.3 Å². The maximum Gasteiger partial charge on any atom is 0.253 e. The Kier molecular flexibility index (Phi) is 4.76. The number of aromatic nitrogens is 2. The largest absolute Gasteiger partial charge is 0.377 e. The van der Waals surface area contributed by atoms with E-state index in [1.807, 2.05) is 23.7 Å². The van der Waals surface area contributed by atoms with Crippen LogP contribution in [-0.2, 0) is 20.8 Å². The van der Waals surface area contributed by atoms with Crippen LogP contribution in [0.1, 0.15) is 5.01 Å². The number of anilines is 1. The predicted octanol–water partition coefficient (Wildman–Crippen LogP) is 1.17. The third-order valence-corrected chi connectivity index (χ3v) is 5.24. The minimum Gasteiger partial charge on any atom is -0.377 e. The van der Waals surface area contributed by atoms with Crippen molar-refractivity contribution in [2.75, 3.05) is 44.4 Å². The van der Waals surface area contributed by atoms with Crippen molar-refractivity contribution in [3.05, 3.63) is 41.1 Å². The molecule has 0 radical (unpaired) electrons. The highest BCUT2D eigenvalue weighted by molar-refractivity contribution is 7.09. The van der Waals surface area contributed by atoms with Crippen molar-refractivity contribution in [1.29, 1.82) is 0 Å². The minimum absolute atomic E-state index is 0.0469. The van der Waals surface area contributed by atoms with Crippen molar-refractivity contribution in [1.82, 2.24) is 14.9 Å². The average Bonchev–Trinajstić information content (AvgIpc) is 3.07. The van der Waals surface area contributed by atoms with Crippen LogP contribution in [0.4, 0.5) is 5.69 Å². The van der Waals surface area contributed by atoms with Crippen LogP contribution in [-0.4, -0.2) is 65.8 Å². The van der Waals surface area contributed by atoms with Crippen molar-refractivity contribution in [3.8, 4) is 0 Å². The number of hydrogen-bond donors (Lipinski definition) is 0. The SMILES string of the molecule is O=C1COC2(COCCN(Cc3nccs3)C2)CN1c1cccnc1. The lowest BCUT2D eigenvalue weighted by Gasteiger charge is -2.42. The van der Waals surface area contributed by atoms with Crippen LogP contribution in [0.3, 0.4) is 0 Å². The van der Waals surface area contributed by atoms with Gasteiger partial charge in [-0.1, -0.05) is 0 Å². The average molecular weight is 360 g/mol. The van der Waals surface area contributed by atoms with E-state index in [0.717, 1.165) is 23.8 Å². The third kappa shape index (κ3) is 3.72. The molecule has 132 valence electrons. The molecule has 4 heterocycles. The van der Waals surface area contributed by atoms with Crippen molar-refractivity contribution in [2.24, 2.45) is 0 Å². The summed E-state index contributed by atoms with van der Waals surface area (Å²) < 4.78 is 11.8. The Hall–Kier alpha value is -1.87. The fourth-order valence-electron chi connectivity index (χ4n) is 3.29. The molecule has 25 heavy (non-hydrogen) atoms. The van der Waals surface area contributed by atoms with Gasteiger partial charge >= 0.3 is 0 Å². The van der Waals surface area contributed by atoms with Crippen LogP contribution >= 0.6 is 11.3 Å². The van der Waals surface area contributed by atoms with Gasteiger partial charge in [0.25, 0.3) is 5.91 Å². The van der Waals surface area contributed by atoms with Crippen LogP contribution < -0.4 is 4.90 Å². The second-order valence-electron chi connectivity index (χ2n) is 6.35. The molecule has 0 aromatic carbocycles. The molecule has 1 unspecified atom stereocenters. The number of ether oxygens (including phenoxy) is 2. The lowest BCUT2D eigenvalue weighted by molar-refractivity contribution is -0.146. The maximum atomic E-state index is 12.4. The Morgan fingerprint density at radius 1 is 1.32 bits per heavy atom. The molecule has 2 aliphatic rings. The molecule has 2 aromatic rings. The molecule has 2 aromatic heterocycles. The van der Waals surface area contributed by atoms with Gasteiger partial charge in [-0.05, 0) is 12.1 Å². The molecule has 0 saturated carbocycles. The van der Waals surface area contributed by atoms with Gasteiger partial charge in [0.05, 0.1) is 38.2 Å². The van der Waals surface area contributed by atoms with Gasteiger partial charge in [-0.3, -0.25) is 14.7 Å². The summed E-state index contributed by atoms with van der Waals surface area (Å²) in [7, 11) is 0. The van der Waals surface area contributed by atoms with E-state index in [1.54, 1.807) is 28.6 Å². The number of carbonyl (C=O) groups excluding carboxylic acids is 1. The van der Waals surface area contributed by atoms with Crippen molar-refractivity contribution in [3.63, 3.8) is 0 Å². The molecular formula is C17H20N4O3S. The Bertz CT molecular complexity index is 712. The van der Waals surface area contributed by atoms with Gasteiger partial charge in [-0.15, -0.1) is 11.3 Å². The monoisotopic (exact) mass is 360 g/mol. The Labute approximate surface area is 150 Å². The first-order valence-corrected chi connectivity index (χ1v) is 9.15. The van der Waals surface area contributed by atoms with Crippen LogP contribution in [0.15, 0.2) is 36.1 Å². The number of carbonyl (C=O) groups is 1. The molecule has 8 heteroatoms. The summed E-state index contributed by atoms with van der Waals surface area (Å²) in [6.45, 7) is 3.95. The molecule has 4 rings (SSSR count). The number of nitrogens with zero attached hydrogens (tertiary/aromatic N) is 4. The van der Waals surface area contributed by atoms with E-state index in [0.29, 0.717) is 26.3 Å². The fourth-order valence-corrected chi connectivity index (χ4v) is 3.95. The van der Waals surface area contributed by atoms with Gasteiger partial charge < -0.3 is 14.4 Å². The second-order valence-corrected chi connectivity index (χ2v) is 7.33. The minimum atomic E-state index is -0.530. The Morgan fingerprint density at radius 2 is 2.28 bits per heavy atom. The number of thiazole rings is 1. The van der Waals surface area contributed by atoms with E-state index < -0.39 is 5.60 Å². The van der Waals surface area contributed by atoms with Gasteiger partial charge in [0.1, 0.15) is 17.2 Å². The summed E-state index contributed by atoms with van der Waals surface area (Å²) in [5, 5.41) is 3.06.